The molecule has 3 aromatic carbocycles. The topological polar surface area (TPSA) is 67.6 Å². The largest absolute Gasteiger partial charge is 0.377 e. The number of hydrogen-bond donors (Lipinski definition) is 2. The summed E-state index contributed by atoms with van der Waals surface area (Å²) in [7, 11) is 0. The zero-order valence-electron chi connectivity index (χ0n) is 25.2. The van der Waals surface area contributed by atoms with Crippen LogP contribution in [0.1, 0.15) is 69.1 Å². The Morgan fingerprint density at radius 3 is 2.45 bits per heavy atom. The highest BCUT2D eigenvalue weighted by atomic mass is 16.5. The van der Waals surface area contributed by atoms with Gasteiger partial charge in [0.1, 0.15) is 0 Å². The van der Waals surface area contributed by atoms with Gasteiger partial charge in [0.25, 0.3) is 5.91 Å². The summed E-state index contributed by atoms with van der Waals surface area (Å²) in [5.41, 5.74) is 15.3. The van der Waals surface area contributed by atoms with Crippen LogP contribution in [0.2, 0.25) is 0 Å². The number of carbonyl (C=O) groups excluding carboxylic acids is 1. The zero-order valence-corrected chi connectivity index (χ0v) is 25.2. The molecule has 2 aliphatic heterocycles. The van der Waals surface area contributed by atoms with Gasteiger partial charge in [0, 0.05) is 48.1 Å². The van der Waals surface area contributed by atoms with Crippen LogP contribution >= 0.6 is 0 Å². The molecule has 5 heteroatoms. The van der Waals surface area contributed by atoms with Gasteiger partial charge in [-0.1, -0.05) is 43.3 Å². The molecule has 220 valence electrons. The molecule has 2 heterocycles. The van der Waals surface area contributed by atoms with Crippen molar-refractivity contribution in [3.05, 3.63) is 89.0 Å². The first-order chi connectivity index (χ1) is 20.4. The van der Waals surface area contributed by atoms with Crippen molar-refractivity contribution in [2.75, 3.05) is 29.9 Å². The zero-order chi connectivity index (χ0) is 29.1. The van der Waals surface area contributed by atoms with Crippen LogP contribution in [0.15, 0.2) is 72.3 Å². The lowest BCUT2D eigenvalue weighted by molar-refractivity contribution is -0.112. The van der Waals surface area contributed by atoms with Gasteiger partial charge < -0.3 is 20.7 Å². The SMILES string of the molecule is CC1C(Cc2ccc(NC(=O)C3=Cc4cc(-c5ccc(N6CCCCC6)cc5)ccc4CCC3)cc2)OCCC1(C)N. The number of nitrogens with one attached hydrogen (secondary N) is 1. The molecule has 3 N–H and O–H groups in total. The van der Waals surface area contributed by atoms with Crippen molar-refractivity contribution in [2.24, 2.45) is 11.7 Å². The van der Waals surface area contributed by atoms with Crippen molar-refractivity contribution in [3.8, 4) is 11.1 Å². The van der Waals surface area contributed by atoms with Gasteiger partial charge in [0.15, 0.2) is 0 Å². The summed E-state index contributed by atoms with van der Waals surface area (Å²) in [5, 5.41) is 3.14. The average molecular weight is 564 g/mol. The molecule has 1 amide bonds. The number of nitrogens with zero attached hydrogens (tertiary/aromatic N) is 1. The summed E-state index contributed by atoms with van der Waals surface area (Å²) in [6.07, 6.45) is 10.6. The molecule has 0 spiro atoms. The molecule has 5 nitrogen and oxygen atoms in total. The Morgan fingerprint density at radius 2 is 1.69 bits per heavy atom. The van der Waals surface area contributed by atoms with E-state index in [-0.39, 0.29) is 23.5 Å². The number of ether oxygens (including phenoxy) is 1. The Kier molecular flexibility index (Phi) is 8.50. The van der Waals surface area contributed by atoms with E-state index in [0.29, 0.717) is 6.61 Å². The summed E-state index contributed by atoms with van der Waals surface area (Å²) in [6, 6.07) is 23.9. The highest BCUT2D eigenvalue weighted by Gasteiger charge is 2.37. The molecule has 0 saturated carbocycles. The fourth-order valence-electron chi connectivity index (χ4n) is 6.69. The highest BCUT2D eigenvalue weighted by Crippen LogP contribution is 2.32. The number of rotatable bonds is 6. The first-order valence-corrected chi connectivity index (χ1v) is 15.9. The molecule has 3 unspecified atom stereocenters. The number of anilines is 2. The first kappa shape index (κ1) is 28.7. The summed E-state index contributed by atoms with van der Waals surface area (Å²) in [6.45, 7) is 7.33. The van der Waals surface area contributed by atoms with Crippen molar-refractivity contribution in [2.45, 2.75) is 76.9 Å². The predicted octanol–water partition coefficient (Wildman–Crippen LogP) is 7.39. The van der Waals surface area contributed by atoms with Crippen molar-refractivity contribution in [3.63, 3.8) is 0 Å². The molecule has 0 aromatic heterocycles. The monoisotopic (exact) mass is 563 g/mol. The summed E-state index contributed by atoms with van der Waals surface area (Å²) >= 11 is 0. The first-order valence-electron chi connectivity index (χ1n) is 15.9. The standard InChI is InChI=1S/C37H45N3O2/c1-26-35(42-22-19-37(26,2)38)23-27-9-15-33(16-10-27)39-36(41)31-8-6-7-28-11-12-30(24-32(28)25-31)29-13-17-34(18-14-29)40-20-4-3-5-21-40/h9-18,24-26,35H,3-8,19-23,38H2,1-2H3,(H,39,41). The Balaban J connectivity index is 1.13. The summed E-state index contributed by atoms with van der Waals surface area (Å²) in [4.78, 5) is 15.9. The highest BCUT2D eigenvalue weighted by molar-refractivity contribution is 6.07. The molecule has 3 aliphatic rings. The van der Waals surface area contributed by atoms with Crippen molar-refractivity contribution in [1.82, 2.24) is 0 Å². The quantitative estimate of drug-likeness (QED) is 0.328. The van der Waals surface area contributed by atoms with Gasteiger partial charge in [0.2, 0.25) is 0 Å². The third-order valence-electron chi connectivity index (χ3n) is 9.80. The third kappa shape index (κ3) is 6.48. The molecule has 0 bridgehead atoms. The van der Waals surface area contributed by atoms with E-state index in [4.69, 9.17) is 10.5 Å². The van der Waals surface area contributed by atoms with Crippen LogP contribution in [0.3, 0.4) is 0 Å². The lowest BCUT2D eigenvalue weighted by Gasteiger charge is -2.42. The van der Waals surface area contributed by atoms with Gasteiger partial charge in [-0.05, 0) is 123 Å². The van der Waals surface area contributed by atoms with E-state index in [0.717, 1.165) is 62.0 Å². The van der Waals surface area contributed by atoms with Crippen LogP contribution in [0, 0.1) is 5.92 Å². The molecule has 2 saturated heterocycles. The van der Waals surface area contributed by atoms with Gasteiger partial charge in [-0.25, -0.2) is 0 Å². The molecule has 3 atom stereocenters. The minimum Gasteiger partial charge on any atom is -0.377 e. The Hall–Kier alpha value is -3.41. The normalized spacial score (nSPS) is 24.4. The van der Waals surface area contributed by atoms with E-state index in [2.05, 4.69) is 84.7 Å². The van der Waals surface area contributed by atoms with E-state index in [1.165, 1.54) is 47.2 Å². The van der Waals surface area contributed by atoms with Gasteiger partial charge >= 0.3 is 0 Å². The minimum absolute atomic E-state index is 0.0185. The van der Waals surface area contributed by atoms with Gasteiger partial charge in [-0.2, -0.15) is 0 Å². The Labute approximate surface area is 251 Å². The lowest BCUT2D eigenvalue weighted by Crippen LogP contribution is -2.53. The molecular formula is C37H45N3O2. The second-order valence-corrected chi connectivity index (χ2v) is 12.8. The van der Waals surface area contributed by atoms with E-state index >= 15 is 0 Å². The maximum atomic E-state index is 13.4. The maximum absolute atomic E-state index is 13.4. The number of amides is 1. The minimum atomic E-state index is -0.194. The molecular weight excluding hydrogens is 518 g/mol. The second-order valence-electron chi connectivity index (χ2n) is 12.8. The third-order valence-corrected chi connectivity index (χ3v) is 9.80. The Bertz CT molecular complexity index is 1420. The van der Waals surface area contributed by atoms with Crippen LogP contribution in [-0.2, 0) is 22.4 Å². The fourth-order valence-corrected chi connectivity index (χ4v) is 6.69. The maximum Gasteiger partial charge on any atom is 0.251 e. The van der Waals surface area contributed by atoms with Crippen LogP contribution in [-0.4, -0.2) is 37.2 Å². The van der Waals surface area contributed by atoms with Crippen molar-refractivity contribution >= 4 is 23.4 Å². The molecule has 0 radical (unpaired) electrons. The molecule has 42 heavy (non-hydrogen) atoms. The van der Waals surface area contributed by atoms with Crippen molar-refractivity contribution < 1.29 is 9.53 Å². The summed E-state index contributed by atoms with van der Waals surface area (Å²) in [5.74, 6) is 0.269. The number of fused-ring (bicyclic) bond motifs is 1. The second kappa shape index (κ2) is 12.4. The number of aryl methyl sites for hydroxylation is 1. The fraction of sp³-hybridized carbons (Fsp3) is 0.432. The van der Waals surface area contributed by atoms with Crippen LogP contribution in [0.5, 0.6) is 0 Å². The number of benzene rings is 3. The van der Waals surface area contributed by atoms with Crippen molar-refractivity contribution in [1.29, 1.82) is 0 Å². The predicted molar refractivity (Wildman–Crippen MR) is 174 cm³/mol. The molecule has 6 rings (SSSR count). The van der Waals surface area contributed by atoms with Gasteiger partial charge in [0.05, 0.1) is 6.10 Å². The summed E-state index contributed by atoms with van der Waals surface area (Å²) < 4.78 is 6.05. The van der Waals surface area contributed by atoms with Gasteiger partial charge in [-0.15, -0.1) is 0 Å². The smallest absolute Gasteiger partial charge is 0.251 e. The number of piperidine rings is 1. The molecule has 2 fully saturated rings. The average Bonchev–Trinajstić information content (AvgIpc) is 3.23. The number of carbonyl (C=O) groups is 1. The van der Waals surface area contributed by atoms with E-state index < -0.39 is 0 Å². The Morgan fingerprint density at radius 1 is 0.952 bits per heavy atom. The molecule has 1 aliphatic carbocycles. The van der Waals surface area contributed by atoms with E-state index in [1.807, 2.05) is 12.1 Å². The lowest BCUT2D eigenvalue weighted by atomic mass is 9.78. The van der Waals surface area contributed by atoms with E-state index in [9.17, 15) is 4.79 Å². The van der Waals surface area contributed by atoms with Crippen LogP contribution in [0.4, 0.5) is 11.4 Å². The van der Waals surface area contributed by atoms with E-state index in [1.54, 1.807) is 0 Å². The van der Waals surface area contributed by atoms with Crippen LogP contribution in [0.25, 0.3) is 17.2 Å². The van der Waals surface area contributed by atoms with Crippen LogP contribution < -0.4 is 16.0 Å². The molecule has 3 aromatic rings. The number of nitrogens with two attached hydrogens (primary N) is 1. The van der Waals surface area contributed by atoms with Gasteiger partial charge in [-0.3, -0.25) is 4.79 Å². The number of hydrogen-bond acceptors (Lipinski definition) is 4.